The fraction of sp³-hybridized carbons (Fsp3) is 0.438. The molecule has 0 fully saturated rings. The molecule has 1 aliphatic heterocycles. The Balaban J connectivity index is 1.66. The van der Waals surface area contributed by atoms with Gasteiger partial charge in [-0.25, -0.2) is 4.98 Å². The predicted molar refractivity (Wildman–Crippen MR) is 75.1 cm³/mol. The van der Waals surface area contributed by atoms with Crippen LogP contribution in [0.25, 0.3) is 0 Å². The van der Waals surface area contributed by atoms with Crippen molar-refractivity contribution in [2.75, 3.05) is 6.54 Å². The van der Waals surface area contributed by atoms with Gasteiger partial charge in [0.15, 0.2) is 0 Å². The molecule has 98 valence electrons. The largest absolute Gasteiger partial charge is 0.331 e. The van der Waals surface area contributed by atoms with Gasteiger partial charge in [-0.05, 0) is 30.4 Å². The van der Waals surface area contributed by atoms with Crippen LogP contribution in [0.5, 0.6) is 0 Å². The van der Waals surface area contributed by atoms with Gasteiger partial charge in [0, 0.05) is 31.2 Å². The quantitative estimate of drug-likeness (QED) is 0.845. The van der Waals surface area contributed by atoms with E-state index in [9.17, 15) is 0 Å². The van der Waals surface area contributed by atoms with E-state index in [1.54, 1.807) is 0 Å². The summed E-state index contributed by atoms with van der Waals surface area (Å²) in [6, 6.07) is 9.48. The van der Waals surface area contributed by atoms with Crippen molar-refractivity contribution < 1.29 is 0 Å². The van der Waals surface area contributed by atoms with Crippen LogP contribution in [0.1, 0.15) is 35.0 Å². The maximum atomic E-state index is 4.59. The third-order valence-corrected chi connectivity index (χ3v) is 4.53. The van der Waals surface area contributed by atoms with Gasteiger partial charge in [-0.3, -0.25) is 0 Å². The molecule has 0 saturated heterocycles. The summed E-state index contributed by atoms with van der Waals surface area (Å²) < 4.78 is 2.45. The van der Waals surface area contributed by atoms with Crippen molar-refractivity contribution in [3.63, 3.8) is 0 Å². The van der Waals surface area contributed by atoms with E-state index in [4.69, 9.17) is 0 Å². The number of hydrogen-bond donors (Lipinski definition) is 1. The predicted octanol–water partition coefficient (Wildman–Crippen LogP) is 2.26. The minimum Gasteiger partial charge on any atom is -0.331 e. The lowest BCUT2D eigenvalue weighted by atomic mass is 9.88. The molecule has 1 unspecified atom stereocenters. The molecule has 2 aliphatic rings. The highest BCUT2D eigenvalue weighted by molar-refractivity contribution is 5.30. The Labute approximate surface area is 113 Å². The van der Waals surface area contributed by atoms with E-state index in [-0.39, 0.29) is 0 Å². The molecule has 3 heteroatoms. The summed E-state index contributed by atoms with van der Waals surface area (Å²) in [5.74, 6) is 0. The average molecular weight is 253 g/mol. The molecule has 0 saturated carbocycles. The van der Waals surface area contributed by atoms with Crippen LogP contribution in [0.2, 0.25) is 0 Å². The van der Waals surface area contributed by atoms with Crippen molar-refractivity contribution in [1.82, 2.24) is 14.9 Å². The first-order valence-electron chi connectivity index (χ1n) is 7.24. The number of aromatic nitrogens is 2. The monoisotopic (exact) mass is 253 g/mol. The lowest BCUT2D eigenvalue weighted by molar-refractivity contribution is 0.425. The first-order chi connectivity index (χ1) is 9.42. The SMILES string of the molecule is c1ccc2c(c1)CCC(n1cnc3c1CCNC3)C2. The zero-order valence-corrected chi connectivity index (χ0v) is 11.1. The van der Waals surface area contributed by atoms with Crippen LogP contribution in [0, 0.1) is 0 Å². The van der Waals surface area contributed by atoms with Gasteiger partial charge in [0.05, 0.1) is 12.0 Å². The molecule has 1 aromatic heterocycles. The summed E-state index contributed by atoms with van der Waals surface area (Å²) >= 11 is 0. The highest BCUT2D eigenvalue weighted by Gasteiger charge is 2.24. The maximum absolute atomic E-state index is 4.59. The molecule has 2 aromatic rings. The molecular formula is C16H19N3. The number of aryl methyl sites for hydroxylation is 1. The third-order valence-electron chi connectivity index (χ3n) is 4.53. The molecule has 1 aliphatic carbocycles. The van der Waals surface area contributed by atoms with Crippen LogP contribution in [-0.2, 0) is 25.8 Å². The minimum atomic E-state index is 0.601. The molecule has 4 rings (SSSR count). The van der Waals surface area contributed by atoms with Crippen LogP contribution < -0.4 is 5.32 Å². The fourth-order valence-corrected chi connectivity index (χ4v) is 3.49. The van der Waals surface area contributed by atoms with Crippen molar-refractivity contribution in [1.29, 1.82) is 0 Å². The molecule has 0 spiro atoms. The highest BCUT2D eigenvalue weighted by atomic mass is 15.1. The summed E-state index contributed by atoms with van der Waals surface area (Å²) in [5.41, 5.74) is 5.78. The number of rotatable bonds is 1. The minimum absolute atomic E-state index is 0.601. The fourth-order valence-electron chi connectivity index (χ4n) is 3.49. The van der Waals surface area contributed by atoms with Gasteiger partial charge in [0.2, 0.25) is 0 Å². The van der Waals surface area contributed by atoms with Gasteiger partial charge in [-0.15, -0.1) is 0 Å². The van der Waals surface area contributed by atoms with E-state index >= 15 is 0 Å². The molecule has 1 aromatic carbocycles. The van der Waals surface area contributed by atoms with Crippen molar-refractivity contribution in [2.45, 2.75) is 38.3 Å². The Bertz CT molecular complexity index is 600. The van der Waals surface area contributed by atoms with Crippen LogP contribution in [0.15, 0.2) is 30.6 Å². The van der Waals surface area contributed by atoms with Gasteiger partial charge in [0.1, 0.15) is 0 Å². The van der Waals surface area contributed by atoms with Crippen molar-refractivity contribution in [3.8, 4) is 0 Å². The molecule has 0 amide bonds. The lowest BCUT2D eigenvalue weighted by Crippen LogP contribution is -2.27. The van der Waals surface area contributed by atoms with Gasteiger partial charge in [0.25, 0.3) is 0 Å². The smallest absolute Gasteiger partial charge is 0.0954 e. The first-order valence-corrected chi connectivity index (χ1v) is 7.24. The maximum Gasteiger partial charge on any atom is 0.0954 e. The standard InChI is InChI=1S/C16H19N3/c1-2-4-13-9-14(6-5-12(13)3-1)19-11-18-15-10-17-8-7-16(15)19/h1-4,11,14,17H,5-10H2. The number of hydrogen-bond acceptors (Lipinski definition) is 2. The van der Waals surface area contributed by atoms with Crippen molar-refractivity contribution in [3.05, 3.63) is 53.1 Å². The van der Waals surface area contributed by atoms with E-state index in [1.165, 1.54) is 35.4 Å². The molecule has 3 nitrogen and oxygen atoms in total. The number of benzene rings is 1. The van der Waals surface area contributed by atoms with Crippen molar-refractivity contribution >= 4 is 0 Å². The lowest BCUT2D eigenvalue weighted by Gasteiger charge is -2.28. The molecule has 19 heavy (non-hydrogen) atoms. The van der Waals surface area contributed by atoms with E-state index in [1.807, 2.05) is 0 Å². The summed E-state index contributed by atoms with van der Waals surface area (Å²) in [6.45, 7) is 2.02. The summed E-state index contributed by atoms with van der Waals surface area (Å²) in [4.78, 5) is 4.59. The van der Waals surface area contributed by atoms with Gasteiger partial charge in [-0.1, -0.05) is 24.3 Å². The second kappa shape index (κ2) is 4.49. The second-order valence-electron chi connectivity index (χ2n) is 5.64. The topological polar surface area (TPSA) is 29.9 Å². The Morgan fingerprint density at radius 3 is 3.00 bits per heavy atom. The molecule has 0 bridgehead atoms. The zero-order valence-electron chi connectivity index (χ0n) is 11.1. The summed E-state index contributed by atoms with van der Waals surface area (Å²) in [7, 11) is 0. The van der Waals surface area contributed by atoms with E-state index < -0.39 is 0 Å². The molecule has 0 radical (unpaired) electrons. The number of nitrogens with zero attached hydrogens (tertiary/aromatic N) is 2. The third kappa shape index (κ3) is 1.89. The average Bonchev–Trinajstić information content (AvgIpc) is 2.91. The van der Waals surface area contributed by atoms with Crippen molar-refractivity contribution in [2.24, 2.45) is 0 Å². The van der Waals surface area contributed by atoms with Gasteiger partial charge < -0.3 is 9.88 Å². The van der Waals surface area contributed by atoms with E-state index in [0.717, 1.165) is 25.9 Å². The first kappa shape index (κ1) is 11.2. The molecular weight excluding hydrogens is 234 g/mol. The van der Waals surface area contributed by atoms with Crippen LogP contribution in [0.3, 0.4) is 0 Å². The summed E-state index contributed by atoms with van der Waals surface area (Å²) in [5, 5.41) is 3.40. The highest BCUT2D eigenvalue weighted by Crippen LogP contribution is 2.30. The van der Waals surface area contributed by atoms with Crippen LogP contribution in [0.4, 0.5) is 0 Å². The van der Waals surface area contributed by atoms with Crippen LogP contribution in [-0.4, -0.2) is 16.1 Å². The Morgan fingerprint density at radius 1 is 1.16 bits per heavy atom. The Kier molecular flexibility index (Phi) is 2.66. The number of fused-ring (bicyclic) bond motifs is 2. The van der Waals surface area contributed by atoms with E-state index in [2.05, 4.69) is 45.5 Å². The second-order valence-corrected chi connectivity index (χ2v) is 5.64. The van der Waals surface area contributed by atoms with E-state index in [0.29, 0.717) is 6.04 Å². The van der Waals surface area contributed by atoms with Crippen LogP contribution >= 0.6 is 0 Å². The molecule has 1 atom stereocenters. The summed E-state index contributed by atoms with van der Waals surface area (Å²) in [6.07, 6.45) is 6.79. The number of nitrogens with one attached hydrogen (secondary N) is 1. The molecule has 1 N–H and O–H groups in total. The Morgan fingerprint density at radius 2 is 2.05 bits per heavy atom. The van der Waals surface area contributed by atoms with Gasteiger partial charge >= 0.3 is 0 Å². The molecule has 2 heterocycles. The van der Waals surface area contributed by atoms with Gasteiger partial charge in [-0.2, -0.15) is 0 Å². The Hall–Kier alpha value is -1.61. The zero-order chi connectivity index (χ0) is 12.7. The normalized spacial score (nSPS) is 21.8. The number of imidazole rings is 1.